The second-order valence-corrected chi connectivity index (χ2v) is 22.9. The van der Waals surface area contributed by atoms with Crippen molar-refractivity contribution in [3.05, 3.63) is 36.0 Å². The van der Waals surface area contributed by atoms with Gasteiger partial charge >= 0.3 is 0 Å². The fourth-order valence-corrected chi connectivity index (χ4v) is 13.1. The number of guanidine groups is 1. The second kappa shape index (κ2) is 29.6. The van der Waals surface area contributed by atoms with Crippen LogP contribution in [0.5, 0.6) is 0 Å². The third kappa shape index (κ3) is 18.3. The van der Waals surface area contributed by atoms with E-state index < -0.39 is 137 Å². The molecule has 0 radical (unpaired) electrons. The van der Waals surface area contributed by atoms with Crippen molar-refractivity contribution in [2.45, 2.75) is 157 Å². The lowest BCUT2D eigenvalue weighted by Gasteiger charge is -2.37. The Balaban J connectivity index is 1.53. The fraction of sp³-hybridized carbons (Fsp3) is 0.600. The Morgan fingerprint density at radius 3 is 2.19 bits per heavy atom. The molecule has 18 N–H and O–H groups in total. The summed E-state index contributed by atoms with van der Waals surface area (Å²) in [5.74, 6) is -9.80. The van der Waals surface area contributed by atoms with Crippen molar-refractivity contribution in [1.82, 2.24) is 47.1 Å². The molecular weight excluding hydrogens is 1050 g/mol. The molecule has 3 fully saturated rings. The van der Waals surface area contributed by atoms with Gasteiger partial charge in [-0.15, -0.1) is 0 Å². The number of nitrogens with one attached hydrogen (secondary N) is 8. The summed E-state index contributed by atoms with van der Waals surface area (Å²) in [6.07, 6.45) is 4.84. The van der Waals surface area contributed by atoms with Gasteiger partial charge in [-0.3, -0.25) is 57.7 Å². The molecule has 2 aliphatic heterocycles. The number of carbonyl (C=O) groups excluding carboxylic acids is 11. The minimum atomic E-state index is -1.75. The zero-order valence-electron chi connectivity index (χ0n) is 44.0. The summed E-state index contributed by atoms with van der Waals surface area (Å²) in [4.78, 5) is 159. The SMILES string of the molecule is CC[C@H](C)[C@@H]1NC(=O)[C@@H](Cc2c[nH]c3ccccc23)NC(=O)CC2(CCCCC2)SSC[C@@H](C(=O)N2CCC[C@H]2C(=O)N[C@@H](CCCN=C(N)N)C(=O)NCC(N)=O)NC(=O)[C@@H](CC(N)=O)NC(=O)C(CCC(N)=O)NC1=O. The highest BCUT2D eigenvalue weighted by Crippen LogP contribution is 2.48. The predicted molar refractivity (Wildman–Crippen MR) is 293 cm³/mol. The molecule has 78 heavy (non-hydrogen) atoms. The van der Waals surface area contributed by atoms with E-state index in [1.165, 1.54) is 26.5 Å². The Labute approximate surface area is 459 Å². The van der Waals surface area contributed by atoms with Gasteiger partial charge in [0.25, 0.3) is 0 Å². The van der Waals surface area contributed by atoms with Crippen LogP contribution in [0.2, 0.25) is 0 Å². The van der Waals surface area contributed by atoms with E-state index in [-0.39, 0.29) is 63.3 Å². The summed E-state index contributed by atoms with van der Waals surface area (Å²) in [5.41, 5.74) is 28.8. The maximum atomic E-state index is 14.9. The summed E-state index contributed by atoms with van der Waals surface area (Å²) < 4.78 is -0.726. The van der Waals surface area contributed by atoms with Crippen LogP contribution in [0.3, 0.4) is 0 Å². The second-order valence-electron chi connectivity index (χ2n) is 20.1. The number of likely N-dealkylation sites (tertiary alicyclic amines) is 1. The molecule has 1 aromatic heterocycles. The summed E-state index contributed by atoms with van der Waals surface area (Å²) in [7, 11) is 2.54. The molecule has 28 heteroatoms. The highest BCUT2D eigenvalue weighted by molar-refractivity contribution is 8.77. The zero-order valence-corrected chi connectivity index (χ0v) is 45.7. The summed E-state index contributed by atoms with van der Waals surface area (Å²) >= 11 is 0. The Morgan fingerprint density at radius 2 is 1.51 bits per heavy atom. The van der Waals surface area contributed by atoms with Crippen LogP contribution in [0.25, 0.3) is 10.9 Å². The van der Waals surface area contributed by atoms with Crippen molar-refractivity contribution < 1.29 is 52.7 Å². The Bertz CT molecular complexity index is 2550. The largest absolute Gasteiger partial charge is 0.370 e. The van der Waals surface area contributed by atoms with Gasteiger partial charge in [-0.25, -0.2) is 0 Å². The number of aromatic amines is 1. The number of aliphatic imine (C=N–C) groups is 1. The number of hydrogen-bond acceptors (Lipinski definition) is 14. The molecule has 1 spiro atoms. The van der Waals surface area contributed by atoms with Gasteiger partial charge in [0.1, 0.15) is 42.3 Å². The molecule has 0 bridgehead atoms. The van der Waals surface area contributed by atoms with Crippen LogP contribution in [0.15, 0.2) is 35.5 Å². The van der Waals surface area contributed by atoms with Crippen molar-refractivity contribution in [2.75, 3.05) is 25.4 Å². The summed E-state index contributed by atoms with van der Waals surface area (Å²) in [6, 6.07) is -2.17. The molecule has 1 unspecified atom stereocenters. The van der Waals surface area contributed by atoms with Crippen LogP contribution in [-0.4, -0.2) is 153 Å². The molecule has 2 saturated heterocycles. The smallest absolute Gasteiger partial charge is 0.246 e. The predicted octanol–water partition coefficient (Wildman–Crippen LogP) is -2.06. The van der Waals surface area contributed by atoms with Crippen molar-refractivity contribution in [3.8, 4) is 0 Å². The van der Waals surface area contributed by atoms with E-state index in [1.807, 2.05) is 24.3 Å². The molecule has 26 nitrogen and oxygen atoms in total. The first kappa shape index (κ1) is 61.7. The number of fused-ring (bicyclic) bond motifs is 1. The van der Waals surface area contributed by atoms with Crippen LogP contribution < -0.4 is 65.9 Å². The molecule has 8 atom stereocenters. The number of aromatic nitrogens is 1. The maximum absolute atomic E-state index is 14.9. The summed E-state index contributed by atoms with van der Waals surface area (Å²) in [5, 5.41) is 19.4. The van der Waals surface area contributed by atoms with Gasteiger partial charge in [0.15, 0.2) is 5.96 Å². The number of carbonyl (C=O) groups is 11. The van der Waals surface area contributed by atoms with Crippen LogP contribution in [-0.2, 0) is 59.2 Å². The van der Waals surface area contributed by atoms with Gasteiger partial charge in [0, 0.05) is 60.0 Å². The van der Waals surface area contributed by atoms with E-state index in [9.17, 15) is 52.7 Å². The van der Waals surface area contributed by atoms with Gasteiger partial charge in [-0.05, 0) is 62.5 Å². The van der Waals surface area contributed by atoms with Crippen molar-refractivity contribution in [2.24, 2.45) is 39.6 Å². The Kier molecular flexibility index (Phi) is 23.4. The minimum absolute atomic E-state index is 0.0243. The van der Waals surface area contributed by atoms with E-state index in [1.54, 1.807) is 20.0 Å². The first-order chi connectivity index (χ1) is 37.1. The number of para-hydroxylation sites is 1. The molecular formula is C50H75N15O11S2. The fourth-order valence-electron chi connectivity index (χ4n) is 9.72. The van der Waals surface area contributed by atoms with Gasteiger partial charge < -0.3 is 75.8 Å². The first-order valence-corrected chi connectivity index (χ1v) is 28.6. The van der Waals surface area contributed by atoms with Crippen molar-refractivity contribution in [3.63, 3.8) is 0 Å². The van der Waals surface area contributed by atoms with Crippen LogP contribution in [0.1, 0.15) is 109 Å². The standard InChI is InChI=1S/C50H75N15O11S2/c1-3-27(2)41-47(75)61-32(15-16-37(51)66)43(71)62-34(22-38(52)67)44(72)63-35(48(76)65-20-10-14-36(65)46(74)60-31(13-9-19-56-49(54)55)42(70)58-25-39(53)68)26-77-78-50(17-7-4-8-18-50)23-40(69)59-33(45(73)64-41)21-28-24-57-30-12-6-5-11-29(28)30/h5-6,11-12,24,27,31-36,41,57H,3-4,7-10,13-23,25-26H2,1-2H3,(H2,51,66)(H2,52,67)(H2,53,68)(H,58,70)(H,59,69)(H,60,74)(H,61,75)(H,62,71)(H,63,72)(H,64,73)(H4,54,55,56)/t27-,31-,32?,33+,34+,35-,36-,41-/m0/s1. The quantitative estimate of drug-likeness (QED) is 0.0311. The normalized spacial score (nSPS) is 23.5. The van der Waals surface area contributed by atoms with Gasteiger partial charge in [0.2, 0.25) is 65.0 Å². The Morgan fingerprint density at radius 1 is 0.821 bits per heavy atom. The number of primary amides is 3. The third-order valence-electron chi connectivity index (χ3n) is 14.1. The van der Waals surface area contributed by atoms with Crippen molar-refractivity contribution in [1.29, 1.82) is 0 Å². The maximum Gasteiger partial charge on any atom is 0.246 e. The Hall–Kier alpha value is -7.10. The zero-order chi connectivity index (χ0) is 57.1. The van der Waals surface area contributed by atoms with Crippen molar-refractivity contribution >= 4 is 103 Å². The van der Waals surface area contributed by atoms with Gasteiger partial charge in [0.05, 0.1) is 13.0 Å². The minimum Gasteiger partial charge on any atom is -0.370 e. The number of nitrogens with zero attached hydrogens (tertiary/aromatic N) is 2. The van der Waals surface area contributed by atoms with E-state index in [2.05, 4.69) is 47.2 Å². The molecule has 3 aliphatic rings. The van der Waals surface area contributed by atoms with Crippen LogP contribution in [0.4, 0.5) is 0 Å². The molecule has 11 amide bonds. The summed E-state index contributed by atoms with van der Waals surface area (Å²) in [6.45, 7) is 3.14. The number of amides is 11. The van der Waals surface area contributed by atoms with Gasteiger partial charge in [-0.1, -0.05) is 79.3 Å². The van der Waals surface area contributed by atoms with E-state index in [0.717, 1.165) is 35.7 Å². The van der Waals surface area contributed by atoms with Crippen LogP contribution in [0, 0.1) is 5.92 Å². The monoisotopic (exact) mass is 1130 g/mol. The van der Waals surface area contributed by atoms with Crippen LogP contribution >= 0.6 is 21.6 Å². The molecule has 5 rings (SSSR count). The average Bonchev–Trinajstić information content (AvgIpc) is 4.07. The number of hydrogen-bond donors (Lipinski definition) is 13. The third-order valence-corrected chi connectivity index (χ3v) is 17.4. The number of H-pyrrole nitrogens is 1. The molecule has 428 valence electrons. The first-order valence-electron chi connectivity index (χ1n) is 26.3. The number of nitrogens with two attached hydrogens (primary N) is 5. The molecule has 3 heterocycles. The number of rotatable bonds is 19. The van der Waals surface area contributed by atoms with E-state index >= 15 is 0 Å². The topological polar surface area (TPSA) is 433 Å². The highest BCUT2D eigenvalue weighted by Gasteiger charge is 2.42. The average molecular weight is 1130 g/mol. The number of benzene rings is 1. The highest BCUT2D eigenvalue weighted by atomic mass is 33.1. The van der Waals surface area contributed by atoms with Gasteiger partial charge in [-0.2, -0.15) is 0 Å². The molecule has 1 saturated carbocycles. The molecule has 1 aliphatic carbocycles. The molecule has 1 aromatic carbocycles. The lowest BCUT2D eigenvalue weighted by molar-refractivity contribution is -0.142. The van der Waals surface area contributed by atoms with E-state index in [0.29, 0.717) is 25.7 Å². The lowest BCUT2D eigenvalue weighted by atomic mass is 9.85. The lowest BCUT2D eigenvalue weighted by Crippen LogP contribution is -2.61. The molecule has 2 aromatic rings. The van der Waals surface area contributed by atoms with E-state index in [4.69, 9.17) is 28.7 Å².